The molecule has 0 bridgehead atoms. The molecular formula is C18H28N2O3S. The van der Waals surface area contributed by atoms with Gasteiger partial charge in [0.25, 0.3) is 0 Å². The van der Waals surface area contributed by atoms with Crippen LogP contribution in [0.2, 0.25) is 0 Å². The first-order valence-corrected chi connectivity index (χ1v) is 9.66. The Balaban J connectivity index is 2.04. The van der Waals surface area contributed by atoms with E-state index in [4.69, 9.17) is 4.74 Å². The predicted octanol–water partition coefficient (Wildman–Crippen LogP) is 3.38. The lowest BCUT2D eigenvalue weighted by Crippen LogP contribution is -2.25. The van der Waals surface area contributed by atoms with E-state index < -0.39 is 0 Å². The van der Waals surface area contributed by atoms with Crippen molar-refractivity contribution in [3.63, 3.8) is 0 Å². The van der Waals surface area contributed by atoms with Crippen LogP contribution in [0, 0.1) is 5.92 Å². The maximum Gasteiger partial charge on any atom is 0.341 e. The van der Waals surface area contributed by atoms with Crippen LogP contribution in [0.4, 0.5) is 5.00 Å². The van der Waals surface area contributed by atoms with Crippen LogP contribution >= 0.6 is 11.3 Å². The molecule has 6 heteroatoms. The third-order valence-corrected chi connectivity index (χ3v) is 5.19. The Kier molecular flexibility index (Phi) is 7.24. The lowest BCUT2D eigenvalue weighted by Gasteiger charge is -2.12. The number of carbonyl (C=O) groups excluding carboxylic acids is 2. The summed E-state index contributed by atoms with van der Waals surface area (Å²) in [6, 6.07) is 0. The Morgan fingerprint density at radius 3 is 2.71 bits per heavy atom. The highest BCUT2D eigenvalue weighted by Crippen LogP contribution is 2.38. The first kappa shape index (κ1) is 18.9. The molecule has 0 aliphatic heterocycles. The van der Waals surface area contributed by atoms with Crippen molar-refractivity contribution in [2.75, 3.05) is 25.0 Å². The van der Waals surface area contributed by atoms with Crippen molar-refractivity contribution in [3.8, 4) is 0 Å². The van der Waals surface area contributed by atoms with Gasteiger partial charge in [-0.2, -0.15) is 0 Å². The number of esters is 1. The second-order valence-corrected chi connectivity index (χ2v) is 7.64. The molecule has 0 radical (unpaired) electrons. The van der Waals surface area contributed by atoms with Gasteiger partial charge in [0.05, 0.1) is 12.2 Å². The van der Waals surface area contributed by atoms with Crippen LogP contribution in [0.3, 0.4) is 0 Å². The fraction of sp³-hybridized carbons (Fsp3) is 0.667. The second kappa shape index (κ2) is 9.18. The highest BCUT2D eigenvalue weighted by Gasteiger charge is 2.27. The number of rotatable bonds is 8. The summed E-state index contributed by atoms with van der Waals surface area (Å²) in [7, 11) is 0. The van der Waals surface area contributed by atoms with E-state index in [0.717, 1.165) is 37.8 Å². The van der Waals surface area contributed by atoms with Crippen LogP contribution in [-0.2, 0) is 22.4 Å². The molecule has 0 saturated heterocycles. The van der Waals surface area contributed by atoms with Gasteiger partial charge in [-0.1, -0.05) is 13.8 Å². The lowest BCUT2D eigenvalue weighted by atomic mass is 9.95. The van der Waals surface area contributed by atoms with Gasteiger partial charge in [0.2, 0.25) is 5.91 Å². The summed E-state index contributed by atoms with van der Waals surface area (Å²) in [5.74, 6) is 0.188. The van der Waals surface area contributed by atoms with Crippen LogP contribution in [0.1, 0.15) is 60.8 Å². The molecule has 1 heterocycles. The molecule has 1 aromatic rings. The maximum absolute atomic E-state index is 12.3. The summed E-state index contributed by atoms with van der Waals surface area (Å²) in [6.45, 7) is 7.95. The summed E-state index contributed by atoms with van der Waals surface area (Å²) >= 11 is 1.54. The molecule has 0 spiro atoms. The zero-order valence-corrected chi connectivity index (χ0v) is 15.7. The van der Waals surface area contributed by atoms with Gasteiger partial charge in [-0.15, -0.1) is 11.3 Å². The van der Waals surface area contributed by atoms with Gasteiger partial charge in [0.15, 0.2) is 0 Å². The molecule has 1 aliphatic rings. The number of ether oxygens (including phenoxy) is 1. The molecule has 24 heavy (non-hydrogen) atoms. The molecule has 0 atom stereocenters. The SMILES string of the molecule is CCOC(=O)c1c(NC(=O)CCNCC(C)C)sc2c1CCCC2. The number of aryl methyl sites for hydroxylation is 1. The van der Waals surface area contributed by atoms with Gasteiger partial charge in [-0.05, 0) is 50.6 Å². The third kappa shape index (κ3) is 5.05. The van der Waals surface area contributed by atoms with E-state index in [2.05, 4.69) is 24.5 Å². The molecular weight excluding hydrogens is 324 g/mol. The minimum Gasteiger partial charge on any atom is -0.462 e. The summed E-state index contributed by atoms with van der Waals surface area (Å²) in [6.07, 6.45) is 4.51. The zero-order chi connectivity index (χ0) is 17.5. The molecule has 1 aromatic heterocycles. The number of nitrogens with one attached hydrogen (secondary N) is 2. The number of carbonyl (C=O) groups is 2. The standard InChI is InChI=1S/C18H28N2O3S/c1-4-23-18(22)16-13-7-5-6-8-14(13)24-17(16)20-15(21)9-10-19-11-12(2)3/h12,19H,4-11H2,1-3H3,(H,20,21). The van der Waals surface area contributed by atoms with Crippen LogP contribution in [0.25, 0.3) is 0 Å². The van der Waals surface area contributed by atoms with Crippen LogP contribution < -0.4 is 10.6 Å². The van der Waals surface area contributed by atoms with Crippen molar-refractivity contribution in [1.29, 1.82) is 0 Å². The summed E-state index contributed by atoms with van der Waals surface area (Å²) in [4.78, 5) is 25.8. The lowest BCUT2D eigenvalue weighted by molar-refractivity contribution is -0.116. The monoisotopic (exact) mass is 352 g/mol. The number of anilines is 1. The Labute approximate surface area is 148 Å². The van der Waals surface area contributed by atoms with Crippen molar-refractivity contribution in [3.05, 3.63) is 16.0 Å². The van der Waals surface area contributed by atoms with Gasteiger partial charge in [-0.25, -0.2) is 4.79 Å². The molecule has 0 fully saturated rings. The van der Waals surface area contributed by atoms with Crippen LogP contribution in [-0.4, -0.2) is 31.6 Å². The maximum atomic E-state index is 12.3. The molecule has 0 unspecified atom stereocenters. The Hall–Kier alpha value is -1.40. The smallest absolute Gasteiger partial charge is 0.341 e. The van der Waals surface area contributed by atoms with E-state index in [1.807, 2.05) is 0 Å². The number of thiophene rings is 1. The number of hydrogen-bond acceptors (Lipinski definition) is 5. The summed E-state index contributed by atoms with van der Waals surface area (Å²) in [5.41, 5.74) is 1.66. The van der Waals surface area contributed by atoms with Gasteiger partial charge in [-0.3, -0.25) is 4.79 Å². The topological polar surface area (TPSA) is 67.4 Å². The Morgan fingerprint density at radius 2 is 2.00 bits per heavy atom. The molecule has 5 nitrogen and oxygen atoms in total. The molecule has 1 aliphatic carbocycles. The van der Waals surface area contributed by atoms with E-state index in [9.17, 15) is 9.59 Å². The van der Waals surface area contributed by atoms with E-state index in [1.54, 1.807) is 6.92 Å². The van der Waals surface area contributed by atoms with E-state index >= 15 is 0 Å². The van der Waals surface area contributed by atoms with Crippen molar-refractivity contribution < 1.29 is 14.3 Å². The largest absolute Gasteiger partial charge is 0.462 e. The van der Waals surface area contributed by atoms with E-state index in [0.29, 0.717) is 36.1 Å². The molecule has 134 valence electrons. The van der Waals surface area contributed by atoms with Crippen molar-refractivity contribution in [1.82, 2.24) is 5.32 Å². The fourth-order valence-corrected chi connectivity index (χ4v) is 4.15. The molecule has 0 saturated carbocycles. The molecule has 2 N–H and O–H groups in total. The first-order chi connectivity index (χ1) is 11.5. The molecule has 2 rings (SSSR count). The van der Waals surface area contributed by atoms with Gasteiger partial charge in [0.1, 0.15) is 5.00 Å². The molecule has 1 amide bonds. The second-order valence-electron chi connectivity index (χ2n) is 6.53. The quantitative estimate of drug-likeness (QED) is 0.556. The number of hydrogen-bond donors (Lipinski definition) is 2. The zero-order valence-electron chi connectivity index (χ0n) is 14.9. The average molecular weight is 353 g/mol. The highest BCUT2D eigenvalue weighted by atomic mass is 32.1. The van der Waals surface area contributed by atoms with Gasteiger partial charge >= 0.3 is 5.97 Å². The minimum atomic E-state index is -0.315. The van der Waals surface area contributed by atoms with Crippen LogP contribution in [0.15, 0.2) is 0 Å². The minimum absolute atomic E-state index is 0.0598. The van der Waals surface area contributed by atoms with E-state index in [1.165, 1.54) is 16.2 Å². The Bertz CT molecular complexity index is 581. The number of amides is 1. The Morgan fingerprint density at radius 1 is 1.25 bits per heavy atom. The average Bonchev–Trinajstić information content (AvgIpc) is 2.89. The normalized spacial score (nSPS) is 13.7. The highest BCUT2D eigenvalue weighted by molar-refractivity contribution is 7.17. The first-order valence-electron chi connectivity index (χ1n) is 8.85. The van der Waals surface area contributed by atoms with Crippen molar-refractivity contribution in [2.45, 2.75) is 52.9 Å². The predicted molar refractivity (Wildman–Crippen MR) is 97.9 cm³/mol. The number of fused-ring (bicyclic) bond motifs is 1. The fourth-order valence-electron chi connectivity index (χ4n) is 2.85. The van der Waals surface area contributed by atoms with Crippen molar-refractivity contribution in [2.24, 2.45) is 5.92 Å². The van der Waals surface area contributed by atoms with Gasteiger partial charge < -0.3 is 15.4 Å². The molecule has 0 aromatic carbocycles. The summed E-state index contributed by atoms with van der Waals surface area (Å²) in [5, 5.41) is 6.85. The van der Waals surface area contributed by atoms with Crippen LogP contribution in [0.5, 0.6) is 0 Å². The summed E-state index contributed by atoms with van der Waals surface area (Å²) < 4.78 is 5.20. The van der Waals surface area contributed by atoms with Gasteiger partial charge in [0, 0.05) is 17.8 Å². The van der Waals surface area contributed by atoms with Crippen molar-refractivity contribution >= 4 is 28.2 Å². The van der Waals surface area contributed by atoms with E-state index in [-0.39, 0.29) is 11.9 Å². The third-order valence-electron chi connectivity index (χ3n) is 3.99.